The van der Waals surface area contributed by atoms with Gasteiger partial charge >= 0.3 is 0 Å². The lowest BCUT2D eigenvalue weighted by Crippen LogP contribution is -2.29. The lowest BCUT2D eigenvalue weighted by atomic mass is 10.1. The van der Waals surface area contributed by atoms with Crippen molar-refractivity contribution in [2.45, 2.75) is 19.3 Å². The first-order chi connectivity index (χ1) is 6.90. The first-order valence-electron chi connectivity index (χ1n) is 5.08. The molecule has 0 N–H and O–H groups in total. The predicted octanol–water partition coefficient (Wildman–Crippen LogP) is 3.07. The van der Waals surface area contributed by atoms with E-state index < -0.39 is 0 Å². The Morgan fingerprint density at radius 3 is 2.21 bits per heavy atom. The van der Waals surface area contributed by atoms with Crippen molar-refractivity contribution in [2.75, 3.05) is 18.0 Å². The average molecular weight is 190 g/mol. The molecule has 0 spiro atoms. The van der Waals surface area contributed by atoms with Crippen LogP contribution in [0.3, 0.4) is 0 Å². The van der Waals surface area contributed by atoms with Crippen LogP contribution in [0.4, 0.5) is 11.4 Å². The summed E-state index contributed by atoms with van der Waals surface area (Å²) in [7, 11) is 0. The van der Waals surface area contributed by atoms with Crippen LogP contribution >= 0.6 is 0 Å². The van der Waals surface area contributed by atoms with Gasteiger partial charge in [-0.1, -0.05) is 0 Å². The van der Waals surface area contributed by atoms with E-state index in [1.54, 1.807) is 12.1 Å². The highest BCUT2D eigenvalue weighted by Gasteiger charge is 2.10. The molecule has 1 aromatic carbocycles. The molecular weight excluding hydrogens is 176 g/mol. The van der Waals surface area contributed by atoms with Gasteiger partial charge in [0.1, 0.15) is 5.69 Å². The van der Waals surface area contributed by atoms with E-state index in [0.29, 0.717) is 5.69 Å². The van der Waals surface area contributed by atoms with Crippen molar-refractivity contribution in [1.29, 1.82) is 0 Å². The summed E-state index contributed by atoms with van der Waals surface area (Å²) >= 11 is 0. The highest BCUT2D eigenvalue weighted by atomic mass is 16.3. The monoisotopic (exact) mass is 190 g/mol. The summed E-state index contributed by atoms with van der Waals surface area (Å²) in [6.07, 6.45) is 3.88. The number of hydrogen-bond donors (Lipinski definition) is 0. The number of piperidine rings is 1. The van der Waals surface area contributed by atoms with Crippen LogP contribution in [0.15, 0.2) is 29.4 Å². The average Bonchev–Trinajstić information content (AvgIpc) is 2.30. The van der Waals surface area contributed by atoms with E-state index in [9.17, 15) is 4.91 Å². The number of hydrogen-bond acceptors (Lipinski definition) is 3. The van der Waals surface area contributed by atoms with E-state index >= 15 is 0 Å². The molecule has 1 aliphatic heterocycles. The third kappa shape index (κ3) is 1.92. The quantitative estimate of drug-likeness (QED) is 0.671. The molecule has 1 saturated heterocycles. The van der Waals surface area contributed by atoms with E-state index in [1.807, 2.05) is 12.1 Å². The Morgan fingerprint density at radius 2 is 1.64 bits per heavy atom. The molecule has 14 heavy (non-hydrogen) atoms. The van der Waals surface area contributed by atoms with Gasteiger partial charge in [0.05, 0.1) is 0 Å². The lowest BCUT2D eigenvalue weighted by Gasteiger charge is -2.28. The van der Waals surface area contributed by atoms with Crippen LogP contribution in [-0.4, -0.2) is 13.1 Å². The topological polar surface area (TPSA) is 32.7 Å². The molecule has 0 bridgehead atoms. The number of nitrogens with zero attached hydrogens (tertiary/aromatic N) is 2. The largest absolute Gasteiger partial charge is 0.372 e. The molecule has 1 fully saturated rings. The standard InChI is InChI=1S/C11H14N2O/c14-12-10-4-6-11(7-5-10)13-8-2-1-3-9-13/h4-7H,1-3,8-9H2. The maximum atomic E-state index is 10.2. The maximum absolute atomic E-state index is 10.2. The van der Waals surface area contributed by atoms with Crippen molar-refractivity contribution in [3.05, 3.63) is 29.2 Å². The van der Waals surface area contributed by atoms with Crippen LogP contribution in [0, 0.1) is 4.91 Å². The van der Waals surface area contributed by atoms with Gasteiger partial charge in [0.25, 0.3) is 0 Å². The second-order valence-corrected chi connectivity index (χ2v) is 3.66. The summed E-state index contributed by atoms with van der Waals surface area (Å²) in [6.45, 7) is 2.27. The van der Waals surface area contributed by atoms with Gasteiger partial charge in [-0.2, -0.15) is 0 Å². The molecule has 74 valence electrons. The minimum atomic E-state index is 0.505. The molecule has 1 heterocycles. The fraction of sp³-hybridized carbons (Fsp3) is 0.455. The summed E-state index contributed by atoms with van der Waals surface area (Å²) in [6, 6.07) is 7.50. The van der Waals surface area contributed by atoms with Crippen LogP contribution in [0.25, 0.3) is 0 Å². The number of nitroso groups, excluding NO2 is 1. The fourth-order valence-corrected chi connectivity index (χ4v) is 1.88. The Morgan fingerprint density at radius 1 is 1.00 bits per heavy atom. The molecular formula is C11H14N2O. The summed E-state index contributed by atoms with van der Waals surface area (Å²) in [4.78, 5) is 12.6. The molecule has 1 aromatic rings. The molecule has 1 aliphatic rings. The highest BCUT2D eigenvalue weighted by Crippen LogP contribution is 2.22. The van der Waals surface area contributed by atoms with Crippen molar-refractivity contribution < 1.29 is 0 Å². The van der Waals surface area contributed by atoms with Crippen LogP contribution < -0.4 is 4.90 Å². The Bertz CT molecular complexity index is 302. The van der Waals surface area contributed by atoms with Crippen molar-refractivity contribution in [3.8, 4) is 0 Å². The normalized spacial score (nSPS) is 16.7. The minimum absolute atomic E-state index is 0.505. The summed E-state index contributed by atoms with van der Waals surface area (Å²) in [5, 5.41) is 2.89. The van der Waals surface area contributed by atoms with E-state index in [0.717, 1.165) is 13.1 Å². The lowest BCUT2D eigenvalue weighted by molar-refractivity contribution is 0.578. The van der Waals surface area contributed by atoms with Gasteiger partial charge in [0.15, 0.2) is 0 Å². The zero-order chi connectivity index (χ0) is 9.80. The van der Waals surface area contributed by atoms with Crippen LogP contribution in [0.1, 0.15) is 19.3 Å². The van der Waals surface area contributed by atoms with E-state index in [2.05, 4.69) is 10.1 Å². The third-order valence-corrected chi connectivity index (χ3v) is 2.68. The molecule has 0 amide bonds. The Hall–Kier alpha value is -1.38. The van der Waals surface area contributed by atoms with Gasteiger partial charge in [-0.15, -0.1) is 4.91 Å². The minimum Gasteiger partial charge on any atom is -0.372 e. The summed E-state index contributed by atoms with van der Waals surface area (Å²) < 4.78 is 0. The molecule has 0 atom stereocenters. The van der Waals surface area contributed by atoms with Crippen molar-refractivity contribution >= 4 is 11.4 Å². The maximum Gasteiger partial charge on any atom is 0.108 e. The van der Waals surface area contributed by atoms with Crippen LogP contribution in [0.2, 0.25) is 0 Å². The number of rotatable bonds is 2. The number of anilines is 1. The van der Waals surface area contributed by atoms with Gasteiger partial charge < -0.3 is 4.90 Å². The number of benzene rings is 1. The molecule has 0 radical (unpaired) electrons. The van der Waals surface area contributed by atoms with Gasteiger partial charge in [-0.25, -0.2) is 0 Å². The molecule has 3 nitrogen and oxygen atoms in total. The Kier molecular flexibility index (Phi) is 2.77. The second kappa shape index (κ2) is 4.22. The molecule has 3 heteroatoms. The SMILES string of the molecule is O=Nc1ccc(N2CCCCC2)cc1. The summed E-state index contributed by atoms with van der Waals surface area (Å²) in [5.74, 6) is 0. The first-order valence-corrected chi connectivity index (χ1v) is 5.08. The Balaban J connectivity index is 2.11. The van der Waals surface area contributed by atoms with Crippen molar-refractivity contribution in [3.63, 3.8) is 0 Å². The van der Waals surface area contributed by atoms with Gasteiger partial charge in [0, 0.05) is 18.8 Å². The predicted molar refractivity (Wildman–Crippen MR) is 58.0 cm³/mol. The molecule has 0 unspecified atom stereocenters. The van der Waals surface area contributed by atoms with Crippen LogP contribution in [0.5, 0.6) is 0 Å². The molecule has 0 aromatic heterocycles. The summed E-state index contributed by atoms with van der Waals surface area (Å²) in [5.41, 5.74) is 1.71. The van der Waals surface area contributed by atoms with Crippen molar-refractivity contribution in [2.24, 2.45) is 5.18 Å². The van der Waals surface area contributed by atoms with E-state index in [1.165, 1.54) is 24.9 Å². The molecule has 2 rings (SSSR count). The van der Waals surface area contributed by atoms with Crippen molar-refractivity contribution in [1.82, 2.24) is 0 Å². The van der Waals surface area contributed by atoms with E-state index in [-0.39, 0.29) is 0 Å². The highest BCUT2D eigenvalue weighted by molar-refractivity contribution is 5.52. The first kappa shape index (κ1) is 9.19. The fourth-order valence-electron chi connectivity index (χ4n) is 1.88. The van der Waals surface area contributed by atoms with Gasteiger partial charge in [-0.05, 0) is 48.7 Å². The zero-order valence-corrected chi connectivity index (χ0v) is 8.15. The molecule has 0 aliphatic carbocycles. The van der Waals surface area contributed by atoms with Crippen LogP contribution in [-0.2, 0) is 0 Å². The molecule has 0 saturated carbocycles. The second-order valence-electron chi connectivity index (χ2n) is 3.66. The third-order valence-electron chi connectivity index (χ3n) is 2.68. The van der Waals surface area contributed by atoms with Gasteiger partial charge in [0.2, 0.25) is 0 Å². The smallest absolute Gasteiger partial charge is 0.108 e. The van der Waals surface area contributed by atoms with Gasteiger partial charge in [-0.3, -0.25) is 0 Å². The Labute approximate surface area is 83.7 Å². The zero-order valence-electron chi connectivity index (χ0n) is 8.15. The van der Waals surface area contributed by atoms with E-state index in [4.69, 9.17) is 0 Å².